The molecule has 0 amide bonds. The van der Waals surface area contributed by atoms with Gasteiger partial charge < -0.3 is 13.9 Å². The third-order valence-electron chi connectivity index (χ3n) is 11.4. The maximum absolute atomic E-state index is 9.81. The molecule has 5 aromatic heterocycles. The second-order valence-corrected chi connectivity index (χ2v) is 13.9. The number of hydrogen-bond acceptors (Lipinski definition) is 5. The molecule has 54 heavy (non-hydrogen) atoms. The van der Waals surface area contributed by atoms with Gasteiger partial charge in [-0.3, -0.25) is 15.0 Å². The molecular formula is C47H26N6O. The van der Waals surface area contributed by atoms with Crippen molar-refractivity contribution in [2.24, 2.45) is 0 Å². The predicted octanol–water partition coefficient (Wildman–Crippen LogP) is 10.4. The Balaban J connectivity index is 1.24. The molecular weight excluding hydrogens is 665 g/mol. The van der Waals surface area contributed by atoms with Crippen LogP contribution in [0.1, 0.15) is 27.8 Å². The maximum Gasteiger partial charge on any atom is 0.134 e. The van der Waals surface area contributed by atoms with Crippen molar-refractivity contribution in [3.63, 3.8) is 0 Å². The van der Waals surface area contributed by atoms with Gasteiger partial charge >= 0.3 is 0 Å². The summed E-state index contributed by atoms with van der Waals surface area (Å²) in [5.41, 5.74) is 11.6. The number of ether oxygens (including phenoxy) is 1. The van der Waals surface area contributed by atoms with Gasteiger partial charge in [-0.1, -0.05) is 66.7 Å². The average molecular weight is 691 g/mol. The highest BCUT2D eigenvalue weighted by Gasteiger charge is 2.54. The van der Waals surface area contributed by atoms with E-state index < -0.39 is 5.41 Å². The molecule has 12 rings (SSSR count). The zero-order chi connectivity index (χ0) is 35.5. The molecule has 250 valence electrons. The molecule has 0 radical (unpaired) electrons. The summed E-state index contributed by atoms with van der Waals surface area (Å²) in [4.78, 5) is 15.0. The topological polar surface area (TPSA) is 81.5 Å². The molecule has 1 spiro atoms. The minimum Gasteiger partial charge on any atom is -0.457 e. The van der Waals surface area contributed by atoms with E-state index in [-0.39, 0.29) is 0 Å². The van der Waals surface area contributed by atoms with Crippen LogP contribution in [-0.4, -0.2) is 24.1 Å². The first-order valence-electron chi connectivity index (χ1n) is 17.9. The van der Waals surface area contributed by atoms with Gasteiger partial charge in [0.15, 0.2) is 0 Å². The van der Waals surface area contributed by atoms with E-state index in [1.165, 1.54) is 0 Å². The van der Waals surface area contributed by atoms with Crippen molar-refractivity contribution in [3.05, 3.63) is 186 Å². The number of aromatic nitrogens is 5. The summed E-state index contributed by atoms with van der Waals surface area (Å²) < 4.78 is 11.5. The molecule has 6 heterocycles. The van der Waals surface area contributed by atoms with E-state index in [4.69, 9.17) is 14.7 Å². The first kappa shape index (κ1) is 29.1. The summed E-state index contributed by atoms with van der Waals surface area (Å²) in [5, 5.41) is 14.2. The molecule has 0 saturated carbocycles. The van der Waals surface area contributed by atoms with E-state index in [0.29, 0.717) is 5.56 Å². The van der Waals surface area contributed by atoms with Crippen LogP contribution in [0.3, 0.4) is 0 Å². The van der Waals surface area contributed by atoms with Crippen LogP contribution in [0.15, 0.2) is 158 Å². The second kappa shape index (κ2) is 10.5. The van der Waals surface area contributed by atoms with Gasteiger partial charge in [0.1, 0.15) is 11.5 Å². The summed E-state index contributed by atoms with van der Waals surface area (Å²) in [7, 11) is 0. The standard InChI is InChI=1S/C47H26N6O/c48-25-28-18-19-39-33(23-28)31-10-2-4-13-37(31)52(39)29-24-36-46(51-26-29)45-35(12-8-21-50-45)47(36)34-11-3-6-16-42(34)54-43-17-7-15-40(44(43)47)53-38-14-5-1-9-30(38)32-20-22-49-27-41(32)53/h1-24,26-27H. The third-order valence-corrected chi connectivity index (χ3v) is 11.4. The molecule has 7 heteroatoms. The van der Waals surface area contributed by atoms with Crippen LogP contribution in [0, 0.1) is 11.3 Å². The fourth-order valence-corrected chi connectivity index (χ4v) is 9.34. The maximum atomic E-state index is 9.81. The lowest BCUT2D eigenvalue weighted by Gasteiger charge is -2.40. The number of hydrogen-bond donors (Lipinski definition) is 0. The van der Waals surface area contributed by atoms with Crippen molar-refractivity contribution in [2.75, 3.05) is 0 Å². The third kappa shape index (κ3) is 3.56. The lowest BCUT2D eigenvalue weighted by Crippen LogP contribution is -2.33. The van der Waals surface area contributed by atoms with Crippen LogP contribution in [-0.2, 0) is 5.41 Å². The Morgan fingerprint density at radius 1 is 0.537 bits per heavy atom. The summed E-state index contributed by atoms with van der Waals surface area (Å²) >= 11 is 0. The zero-order valence-corrected chi connectivity index (χ0v) is 28.6. The highest BCUT2D eigenvalue weighted by Crippen LogP contribution is 2.63. The quantitative estimate of drug-likeness (QED) is 0.180. The monoisotopic (exact) mass is 690 g/mol. The van der Waals surface area contributed by atoms with Crippen LogP contribution < -0.4 is 4.74 Å². The SMILES string of the molecule is N#Cc1ccc2c(c1)c1ccccc1n2-c1cnc2c(c1)C1(c3ccccc3Oc3cccc(-n4c5ccccc5c5ccncc54)c31)c1cccnc1-2. The molecule has 7 nitrogen and oxygen atoms in total. The van der Waals surface area contributed by atoms with Crippen LogP contribution >= 0.6 is 0 Å². The van der Waals surface area contributed by atoms with Crippen molar-refractivity contribution in [2.45, 2.75) is 5.41 Å². The molecule has 5 aromatic carbocycles. The summed E-state index contributed by atoms with van der Waals surface area (Å²) in [5.74, 6) is 1.56. The van der Waals surface area contributed by atoms with E-state index in [1.807, 2.05) is 61.2 Å². The van der Waals surface area contributed by atoms with Crippen LogP contribution in [0.5, 0.6) is 11.5 Å². The first-order valence-corrected chi connectivity index (χ1v) is 17.9. The Bertz CT molecular complexity index is 3240. The number of benzene rings is 5. The van der Waals surface area contributed by atoms with Crippen LogP contribution in [0.25, 0.3) is 66.4 Å². The number of nitrogens with zero attached hydrogens (tertiary/aromatic N) is 6. The summed E-state index contributed by atoms with van der Waals surface area (Å²) in [6.45, 7) is 0. The Morgan fingerprint density at radius 2 is 1.26 bits per heavy atom. The van der Waals surface area contributed by atoms with E-state index in [9.17, 15) is 5.26 Å². The molecule has 10 aromatic rings. The number of fused-ring (bicyclic) bond motifs is 15. The van der Waals surface area contributed by atoms with E-state index in [1.54, 1.807) is 0 Å². The number of rotatable bonds is 2. The van der Waals surface area contributed by atoms with E-state index >= 15 is 0 Å². The Morgan fingerprint density at radius 3 is 2.15 bits per heavy atom. The Labute approximate surface area is 308 Å². The zero-order valence-electron chi connectivity index (χ0n) is 28.6. The minimum absolute atomic E-state index is 0.626. The normalized spacial score (nSPS) is 15.2. The van der Waals surface area contributed by atoms with Gasteiger partial charge in [0.05, 0.1) is 74.3 Å². The molecule has 2 aliphatic rings. The molecule has 0 bridgehead atoms. The van der Waals surface area contributed by atoms with Gasteiger partial charge in [-0.25, -0.2) is 0 Å². The fourth-order valence-electron chi connectivity index (χ4n) is 9.34. The number of pyridine rings is 3. The van der Waals surface area contributed by atoms with Crippen molar-refractivity contribution < 1.29 is 4.74 Å². The predicted molar refractivity (Wildman–Crippen MR) is 211 cm³/mol. The number of nitriles is 1. The fraction of sp³-hybridized carbons (Fsp3) is 0.0213. The van der Waals surface area contributed by atoms with Crippen molar-refractivity contribution >= 4 is 43.6 Å². The molecule has 1 aliphatic heterocycles. The Kier molecular flexibility index (Phi) is 5.65. The molecule has 1 atom stereocenters. The van der Waals surface area contributed by atoms with Gasteiger partial charge in [0.2, 0.25) is 0 Å². The van der Waals surface area contributed by atoms with Gasteiger partial charge in [0.25, 0.3) is 0 Å². The second-order valence-electron chi connectivity index (χ2n) is 13.9. The van der Waals surface area contributed by atoms with Gasteiger partial charge in [0, 0.05) is 50.6 Å². The molecule has 0 fully saturated rings. The lowest BCUT2D eigenvalue weighted by atomic mass is 9.65. The van der Waals surface area contributed by atoms with Gasteiger partial charge in [-0.05, 0) is 72.3 Å². The van der Waals surface area contributed by atoms with E-state index in [0.717, 1.165) is 100 Å². The van der Waals surface area contributed by atoms with E-state index in [2.05, 4.69) is 117 Å². The average Bonchev–Trinajstić information content (AvgIpc) is 3.85. The van der Waals surface area contributed by atoms with Crippen LogP contribution in [0.2, 0.25) is 0 Å². The Hall–Kier alpha value is -7.56. The summed E-state index contributed by atoms with van der Waals surface area (Å²) in [6.07, 6.45) is 7.63. The van der Waals surface area contributed by atoms with Crippen molar-refractivity contribution in [1.29, 1.82) is 5.26 Å². The largest absolute Gasteiger partial charge is 0.457 e. The smallest absolute Gasteiger partial charge is 0.134 e. The lowest BCUT2D eigenvalue weighted by molar-refractivity contribution is 0.435. The van der Waals surface area contributed by atoms with Crippen LogP contribution in [0.4, 0.5) is 0 Å². The van der Waals surface area contributed by atoms with Crippen molar-refractivity contribution in [3.8, 4) is 40.3 Å². The first-order chi connectivity index (χ1) is 26.8. The van der Waals surface area contributed by atoms with Gasteiger partial charge in [-0.2, -0.15) is 5.26 Å². The molecule has 1 aliphatic carbocycles. The highest BCUT2D eigenvalue weighted by atomic mass is 16.5. The summed E-state index contributed by atoms with van der Waals surface area (Å²) in [6, 6.07) is 48.5. The molecule has 0 saturated heterocycles. The van der Waals surface area contributed by atoms with Gasteiger partial charge in [-0.15, -0.1) is 0 Å². The number of para-hydroxylation sites is 3. The van der Waals surface area contributed by atoms with Crippen molar-refractivity contribution in [1.82, 2.24) is 24.1 Å². The molecule has 1 unspecified atom stereocenters. The highest BCUT2D eigenvalue weighted by molar-refractivity contribution is 6.10. The minimum atomic E-state index is -0.852. The molecule has 0 N–H and O–H groups in total.